The van der Waals surface area contributed by atoms with Gasteiger partial charge in [-0.25, -0.2) is 0 Å². The Kier molecular flexibility index (Phi) is 15.6. The first-order chi connectivity index (χ1) is 21.6. The van der Waals surface area contributed by atoms with Gasteiger partial charge in [-0.1, -0.05) is 64.1 Å². The van der Waals surface area contributed by atoms with Gasteiger partial charge >= 0.3 is 0 Å². The monoisotopic (exact) mass is 626 g/mol. The number of carbonyl (C=O) groups excluding carboxylic acids is 1. The number of rotatable bonds is 20. The summed E-state index contributed by atoms with van der Waals surface area (Å²) in [6.45, 7) is 10.2. The van der Waals surface area contributed by atoms with Crippen molar-refractivity contribution in [1.29, 1.82) is 0 Å². The number of ether oxygens (including phenoxy) is 4. The minimum Gasteiger partial charge on any atom is -0.493 e. The summed E-state index contributed by atoms with van der Waals surface area (Å²) in [7, 11) is 3.33. The first-order valence-corrected chi connectivity index (χ1v) is 16.8. The van der Waals surface area contributed by atoms with E-state index in [0.717, 1.165) is 49.0 Å². The van der Waals surface area contributed by atoms with Crippen LogP contribution in [-0.4, -0.2) is 62.7 Å². The van der Waals surface area contributed by atoms with Gasteiger partial charge in [0.15, 0.2) is 11.5 Å². The van der Waals surface area contributed by atoms with Crippen LogP contribution in [0.5, 0.6) is 11.5 Å². The number of nitrogens with one attached hydrogen (secondary N) is 1. The zero-order valence-electron chi connectivity index (χ0n) is 28.4. The number of amides is 1. The highest BCUT2D eigenvalue weighted by molar-refractivity contribution is 5.79. The van der Waals surface area contributed by atoms with Crippen molar-refractivity contribution in [2.45, 2.75) is 104 Å². The molecule has 0 bridgehead atoms. The van der Waals surface area contributed by atoms with Gasteiger partial charge in [-0.15, -0.1) is 0 Å². The lowest BCUT2D eigenvalue weighted by Crippen LogP contribution is -2.47. The molecule has 4 N–H and O–H groups in total. The molecule has 8 heteroatoms. The molecule has 0 unspecified atom stereocenters. The number of methoxy groups -OCH3 is 2. The fourth-order valence-electron chi connectivity index (χ4n) is 6.22. The van der Waals surface area contributed by atoms with Crippen LogP contribution in [0.3, 0.4) is 0 Å². The third kappa shape index (κ3) is 11.9. The number of benzene rings is 2. The molecule has 1 aliphatic rings. The summed E-state index contributed by atoms with van der Waals surface area (Å²) in [5.41, 5.74) is 8.92. The highest BCUT2D eigenvalue weighted by Gasteiger charge is 2.34. The van der Waals surface area contributed by atoms with E-state index in [9.17, 15) is 9.90 Å². The molecule has 0 radical (unpaired) electrons. The lowest BCUT2D eigenvalue weighted by molar-refractivity contribution is -0.129. The maximum Gasteiger partial charge on any atom is 0.223 e. The van der Waals surface area contributed by atoms with Gasteiger partial charge in [0.05, 0.1) is 38.6 Å². The average molecular weight is 627 g/mol. The average Bonchev–Trinajstić information content (AvgIpc) is 3.47. The molecular formula is C37H58N2O6. The number of hydrogen-bond acceptors (Lipinski definition) is 7. The van der Waals surface area contributed by atoms with Gasteiger partial charge in [-0.2, -0.15) is 0 Å². The first-order valence-electron chi connectivity index (χ1n) is 16.8. The zero-order chi connectivity index (χ0) is 32.8. The predicted octanol–water partition coefficient (Wildman–Crippen LogP) is 5.92. The van der Waals surface area contributed by atoms with E-state index < -0.39 is 12.1 Å². The van der Waals surface area contributed by atoms with Crippen LogP contribution in [0.2, 0.25) is 0 Å². The summed E-state index contributed by atoms with van der Waals surface area (Å²) in [5.74, 6) is 1.74. The molecule has 0 aliphatic heterocycles. The van der Waals surface area contributed by atoms with Crippen molar-refractivity contribution in [1.82, 2.24) is 5.32 Å². The molecule has 6 atom stereocenters. The minimum atomic E-state index is -0.784. The summed E-state index contributed by atoms with van der Waals surface area (Å²) in [4.78, 5) is 13.5. The van der Waals surface area contributed by atoms with Crippen LogP contribution in [0.25, 0.3) is 0 Å². The molecule has 1 aliphatic carbocycles. The standard InChI is InChI=1S/C37H58N2O6/c1-25(2)29(20-28-16-17-35(43-6)36(21-28)44-19-11-18-42-5)22-31(38)33(40)23-30(26(3)4)37(41)39-32-14-10-15-34(32)45-24-27-12-8-7-9-13-27/h7-9,12-13,16-17,21,25-26,29-34,40H,10-11,14-15,18-20,22-24,38H2,1-6H3,(H,39,41)/t29-,30-,31-,32-,33-,34-/m0/s1. The topological polar surface area (TPSA) is 112 Å². The number of aliphatic hydroxyl groups excluding tert-OH is 1. The van der Waals surface area contributed by atoms with Crippen LogP contribution in [0, 0.1) is 23.7 Å². The van der Waals surface area contributed by atoms with Gasteiger partial charge in [0.1, 0.15) is 0 Å². The SMILES string of the molecule is COCCCOc1cc(C[C@@H](C[C@H](N)[C@@H](O)C[C@H](C(=O)N[C@H]2CCC[C@@H]2OCc2ccccc2)C(C)C)C(C)C)ccc1OC. The van der Waals surface area contributed by atoms with E-state index in [1.165, 1.54) is 0 Å². The van der Waals surface area contributed by atoms with Crippen LogP contribution in [0.1, 0.15) is 77.3 Å². The second-order valence-electron chi connectivity index (χ2n) is 13.3. The molecule has 2 aromatic rings. The number of hydrogen-bond donors (Lipinski definition) is 3. The zero-order valence-corrected chi connectivity index (χ0v) is 28.4. The van der Waals surface area contributed by atoms with Crippen LogP contribution < -0.4 is 20.5 Å². The summed E-state index contributed by atoms with van der Waals surface area (Å²) in [6, 6.07) is 15.7. The Balaban J connectivity index is 1.57. The van der Waals surface area contributed by atoms with Gasteiger partial charge in [0, 0.05) is 32.1 Å². The maximum atomic E-state index is 13.5. The van der Waals surface area contributed by atoms with Crippen molar-refractivity contribution in [3.8, 4) is 11.5 Å². The molecule has 45 heavy (non-hydrogen) atoms. The molecule has 0 saturated heterocycles. The number of nitrogens with two attached hydrogens (primary N) is 1. The Morgan fingerprint density at radius 3 is 2.38 bits per heavy atom. The van der Waals surface area contributed by atoms with Crippen LogP contribution in [-0.2, 0) is 27.3 Å². The number of aliphatic hydroxyl groups is 1. The second kappa shape index (κ2) is 19.1. The minimum absolute atomic E-state index is 0.00447. The van der Waals surface area contributed by atoms with Crippen molar-refractivity contribution in [3.05, 3.63) is 59.7 Å². The van der Waals surface area contributed by atoms with Crippen molar-refractivity contribution in [2.24, 2.45) is 29.4 Å². The molecular weight excluding hydrogens is 568 g/mol. The normalized spacial score (nSPS) is 19.3. The highest BCUT2D eigenvalue weighted by Crippen LogP contribution is 2.32. The van der Waals surface area contributed by atoms with E-state index in [4.69, 9.17) is 24.7 Å². The van der Waals surface area contributed by atoms with Crippen LogP contribution >= 0.6 is 0 Å². The van der Waals surface area contributed by atoms with E-state index in [1.807, 2.05) is 44.2 Å². The Bertz CT molecular complexity index is 1130. The summed E-state index contributed by atoms with van der Waals surface area (Å²) < 4.78 is 22.9. The molecule has 0 spiro atoms. The van der Waals surface area contributed by atoms with Crippen molar-refractivity contribution >= 4 is 5.91 Å². The fraction of sp³-hybridized carbons (Fsp3) is 0.649. The van der Waals surface area contributed by atoms with Crippen molar-refractivity contribution < 1.29 is 28.8 Å². The second-order valence-corrected chi connectivity index (χ2v) is 13.3. The molecule has 2 aromatic carbocycles. The van der Waals surface area contributed by atoms with Crippen LogP contribution in [0.15, 0.2) is 48.5 Å². The summed E-state index contributed by atoms with van der Waals surface area (Å²) in [6.07, 6.45) is 4.66. The highest BCUT2D eigenvalue weighted by atomic mass is 16.5. The smallest absolute Gasteiger partial charge is 0.223 e. The molecule has 1 amide bonds. The summed E-state index contributed by atoms with van der Waals surface area (Å²) in [5, 5.41) is 14.6. The van der Waals surface area contributed by atoms with E-state index in [0.29, 0.717) is 44.3 Å². The van der Waals surface area contributed by atoms with Gasteiger partial charge in [0.25, 0.3) is 0 Å². The largest absolute Gasteiger partial charge is 0.493 e. The van der Waals surface area contributed by atoms with Gasteiger partial charge in [-0.05, 0) is 79.5 Å². The van der Waals surface area contributed by atoms with E-state index in [2.05, 4.69) is 37.4 Å². The quantitative estimate of drug-likeness (QED) is 0.157. The molecule has 0 aromatic heterocycles. The maximum absolute atomic E-state index is 13.5. The van der Waals surface area contributed by atoms with Crippen molar-refractivity contribution in [2.75, 3.05) is 27.4 Å². The Morgan fingerprint density at radius 2 is 1.71 bits per heavy atom. The van der Waals surface area contributed by atoms with E-state index in [1.54, 1.807) is 14.2 Å². The lowest BCUT2D eigenvalue weighted by Gasteiger charge is -2.31. The van der Waals surface area contributed by atoms with E-state index >= 15 is 0 Å². The fourth-order valence-corrected chi connectivity index (χ4v) is 6.22. The third-order valence-electron chi connectivity index (χ3n) is 9.21. The van der Waals surface area contributed by atoms with Crippen LogP contribution in [0.4, 0.5) is 0 Å². The molecule has 0 heterocycles. The Morgan fingerprint density at radius 1 is 0.956 bits per heavy atom. The molecule has 1 saturated carbocycles. The molecule has 1 fully saturated rings. The Hall–Kier alpha value is -2.65. The third-order valence-corrected chi connectivity index (χ3v) is 9.21. The predicted molar refractivity (Wildman–Crippen MR) is 179 cm³/mol. The lowest BCUT2D eigenvalue weighted by atomic mass is 9.80. The summed E-state index contributed by atoms with van der Waals surface area (Å²) >= 11 is 0. The number of carbonyl (C=O) groups is 1. The van der Waals surface area contributed by atoms with Gasteiger partial charge in [-0.3, -0.25) is 4.79 Å². The van der Waals surface area contributed by atoms with Gasteiger partial charge in [0.2, 0.25) is 5.91 Å². The van der Waals surface area contributed by atoms with E-state index in [-0.39, 0.29) is 35.8 Å². The molecule has 3 rings (SSSR count). The Labute approximate surface area is 271 Å². The van der Waals surface area contributed by atoms with Gasteiger partial charge < -0.3 is 35.1 Å². The first kappa shape index (κ1) is 36.8. The molecule has 252 valence electrons. The molecule has 8 nitrogen and oxygen atoms in total. The van der Waals surface area contributed by atoms with Crippen molar-refractivity contribution in [3.63, 3.8) is 0 Å².